The molecule has 2 fully saturated rings. The van der Waals surface area contributed by atoms with Gasteiger partial charge in [0.05, 0.1) is 22.8 Å². The highest BCUT2D eigenvalue weighted by molar-refractivity contribution is 6.34. The van der Waals surface area contributed by atoms with Crippen LogP contribution in [0.2, 0.25) is 5.02 Å². The fourth-order valence-electron chi connectivity index (χ4n) is 3.70. The predicted molar refractivity (Wildman–Crippen MR) is 110 cm³/mol. The number of benzene rings is 1. The molecule has 0 bridgehead atoms. The third-order valence-corrected chi connectivity index (χ3v) is 5.70. The molecule has 1 atom stereocenters. The number of allylic oxidation sites excluding steroid dienone is 1. The van der Waals surface area contributed by atoms with Gasteiger partial charge >= 0.3 is 0 Å². The third kappa shape index (κ3) is 4.45. The zero-order valence-corrected chi connectivity index (χ0v) is 17.5. The molecule has 1 aliphatic carbocycles. The molecule has 0 spiro atoms. The van der Waals surface area contributed by atoms with Crippen LogP contribution in [0.5, 0.6) is 0 Å². The summed E-state index contributed by atoms with van der Waals surface area (Å²) in [7, 11) is 0. The molecule has 0 aromatic heterocycles. The van der Waals surface area contributed by atoms with Gasteiger partial charge in [-0.1, -0.05) is 30.0 Å². The van der Waals surface area contributed by atoms with E-state index in [2.05, 4.69) is 10.6 Å². The van der Waals surface area contributed by atoms with Crippen LogP contribution in [0.25, 0.3) is 0 Å². The fourth-order valence-corrected chi connectivity index (χ4v) is 3.91. The Morgan fingerprint density at radius 3 is 2.48 bits per heavy atom. The maximum Gasteiger partial charge on any atom is 0.261 e. The van der Waals surface area contributed by atoms with Crippen LogP contribution in [0.4, 0.5) is 15.8 Å². The molecular formula is C21H25ClFN3O3. The number of carbonyl (C=O) groups excluding carboxylic acids is 3. The summed E-state index contributed by atoms with van der Waals surface area (Å²) in [6.07, 6.45) is 4.07. The summed E-state index contributed by atoms with van der Waals surface area (Å²) in [6, 6.07) is 1.90. The number of amides is 3. The van der Waals surface area contributed by atoms with Crippen molar-refractivity contribution < 1.29 is 18.8 Å². The summed E-state index contributed by atoms with van der Waals surface area (Å²) in [5, 5.41) is 6.02. The molecule has 2 aliphatic rings. The van der Waals surface area contributed by atoms with E-state index < -0.39 is 23.7 Å². The zero-order valence-electron chi connectivity index (χ0n) is 16.8. The summed E-state index contributed by atoms with van der Waals surface area (Å²) >= 11 is 6.15. The van der Waals surface area contributed by atoms with Gasteiger partial charge in [-0.3, -0.25) is 14.4 Å². The minimum atomic E-state index is -0.777. The molecule has 1 aromatic carbocycles. The Kier molecular flexibility index (Phi) is 6.27. The Morgan fingerprint density at radius 1 is 1.24 bits per heavy atom. The lowest BCUT2D eigenvalue weighted by molar-refractivity contribution is -0.122. The average Bonchev–Trinajstić information content (AvgIpc) is 3.25. The number of rotatable bonds is 5. The Bertz CT molecular complexity index is 889. The van der Waals surface area contributed by atoms with E-state index in [0.717, 1.165) is 42.2 Å². The van der Waals surface area contributed by atoms with E-state index in [9.17, 15) is 18.8 Å². The molecule has 1 saturated heterocycles. The number of nitrogens with zero attached hydrogens (tertiary/aromatic N) is 1. The number of nitrogens with one attached hydrogen (secondary N) is 2. The van der Waals surface area contributed by atoms with Gasteiger partial charge in [-0.25, -0.2) is 9.29 Å². The fraction of sp³-hybridized carbons (Fsp3) is 0.476. The molecule has 8 heteroatoms. The summed E-state index contributed by atoms with van der Waals surface area (Å²) in [5.74, 6) is -1.99. The summed E-state index contributed by atoms with van der Waals surface area (Å²) < 4.78 is 14.6. The molecule has 29 heavy (non-hydrogen) atoms. The van der Waals surface area contributed by atoms with Gasteiger partial charge in [-0.15, -0.1) is 0 Å². The lowest BCUT2D eigenvalue weighted by atomic mass is 10.1. The monoisotopic (exact) mass is 421 g/mol. The Morgan fingerprint density at radius 2 is 1.90 bits per heavy atom. The molecule has 3 amide bonds. The summed E-state index contributed by atoms with van der Waals surface area (Å²) in [5.41, 5.74) is 1.19. The molecule has 1 unspecified atom stereocenters. The van der Waals surface area contributed by atoms with E-state index in [0.29, 0.717) is 5.57 Å². The highest BCUT2D eigenvalue weighted by Gasteiger charge is 2.37. The molecular weight excluding hydrogens is 397 g/mol. The van der Waals surface area contributed by atoms with Gasteiger partial charge in [0.2, 0.25) is 11.8 Å². The highest BCUT2D eigenvalue weighted by atomic mass is 35.5. The second-order valence-electron chi connectivity index (χ2n) is 7.83. The first-order valence-corrected chi connectivity index (χ1v) is 10.2. The van der Waals surface area contributed by atoms with E-state index in [-0.39, 0.29) is 34.8 Å². The van der Waals surface area contributed by atoms with Crippen LogP contribution in [0.15, 0.2) is 23.3 Å². The van der Waals surface area contributed by atoms with Gasteiger partial charge in [0, 0.05) is 11.6 Å². The van der Waals surface area contributed by atoms with Gasteiger partial charge in [0.1, 0.15) is 11.9 Å². The molecule has 156 valence electrons. The lowest BCUT2D eigenvalue weighted by Crippen LogP contribution is -2.42. The van der Waals surface area contributed by atoms with Crippen molar-refractivity contribution in [3.05, 3.63) is 34.1 Å². The second-order valence-corrected chi connectivity index (χ2v) is 8.24. The van der Waals surface area contributed by atoms with Crippen molar-refractivity contribution >= 4 is 40.7 Å². The molecule has 1 aliphatic heterocycles. The molecule has 1 saturated carbocycles. The molecule has 1 heterocycles. The molecule has 0 radical (unpaired) electrons. The Balaban J connectivity index is 1.82. The van der Waals surface area contributed by atoms with Crippen LogP contribution in [-0.2, 0) is 14.4 Å². The van der Waals surface area contributed by atoms with Crippen molar-refractivity contribution in [2.45, 2.75) is 65.0 Å². The van der Waals surface area contributed by atoms with E-state index in [1.807, 2.05) is 0 Å². The third-order valence-electron chi connectivity index (χ3n) is 5.39. The van der Waals surface area contributed by atoms with Crippen molar-refractivity contribution in [1.82, 2.24) is 5.32 Å². The smallest absolute Gasteiger partial charge is 0.261 e. The van der Waals surface area contributed by atoms with Crippen LogP contribution in [0, 0.1) is 5.82 Å². The van der Waals surface area contributed by atoms with Gasteiger partial charge in [-0.05, 0) is 45.7 Å². The quantitative estimate of drug-likeness (QED) is 0.557. The maximum absolute atomic E-state index is 14.6. The number of hydrogen-bond donors (Lipinski definition) is 2. The van der Waals surface area contributed by atoms with Crippen molar-refractivity contribution in [3.8, 4) is 0 Å². The van der Waals surface area contributed by atoms with Crippen LogP contribution in [0.1, 0.15) is 52.9 Å². The largest absolute Gasteiger partial charge is 0.373 e. The molecule has 1 aromatic rings. The van der Waals surface area contributed by atoms with Gasteiger partial charge in [-0.2, -0.15) is 0 Å². The number of imide groups is 1. The van der Waals surface area contributed by atoms with Crippen molar-refractivity contribution in [3.63, 3.8) is 0 Å². The first kappa shape index (κ1) is 21.3. The summed E-state index contributed by atoms with van der Waals surface area (Å²) in [6.45, 7) is 5.15. The zero-order chi connectivity index (χ0) is 21.3. The number of hydrogen-bond acceptors (Lipinski definition) is 4. The number of anilines is 2. The first-order chi connectivity index (χ1) is 13.7. The van der Waals surface area contributed by atoms with Crippen LogP contribution >= 0.6 is 11.6 Å². The topological polar surface area (TPSA) is 78.5 Å². The molecule has 3 rings (SSSR count). The van der Waals surface area contributed by atoms with Gasteiger partial charge in [0.15, 0.2) is 0 Å². The highest BCUT2D eigenvalue weighted by Crippen LogP contribution is 2.35. The Labute approximate surface area is 174 Å². The second kappa shape index (κ2) is 8.53. The SMILES string of the molecule is CC(C)=C1CC(=O)N(c2cc(NC(C)C(=O)NC3CCCC3)c(Cl)cc2F)C1=O. The van der Waals surface area contributed by atoms with Crippen LogP contribution < -0.4 is 15.5 Å². The minimum absolute atomic E-state index is 0.0632. The van der Waals surface area contributed by atoms with E-state index >= 15 is 0 Å². The number of carbonyl (C=O) groups is 3. The van der Waals surface area contributed by atoms with Gasteiger partial charge < -0.3 is 10.6 Å². The van der Waals surface area contributed by atoms with Crippen LogP contribution in [0.3, 0.4) is 0 Å². The predicted octanol–water partition coefficient (Wildman–Crippen LogP) is 3.94. The first-order valence-electron chi connectivity index (χ1n) is 9.78. The van der Waals surface area contributed by atoms with Gasteiger partial charge in [0.25, 0.3) is 5.91 Å². The van der Waals surface area contributed by atoms with Crippen molar-refractivity contribution in [2.24, 2.45) is 0 Å². The van der Waals surface area contributed by atoms with E-state index in [1.165, 1.54) is 6.07 Å². The standard InChI is InChI=1S/C21H25ClFN3O3/c1-11(2)14-8-19(27)26(21(14)29)18-10-17(15(22)9-16(18)23)24-12(3)20(28)25-13-6-4-5-7-13/h9-10,12-13,24H,4-8H2,1-3H3,(H,25,28). The Hall–Kier alpha value is -2.41. The number of halogens is 2. The van der Waals surface area contributed by atoms with E-state index in [4.69, 9.17) is 11.6 Å². The minimum Gasteiger partial charge on any atom is -0.373 e. The van der Waals surface area contributed by atoms with E-state index in [1.54, 1.807) is 20.8 Å². The lowest BCUT2D eigenvalue weighted by Gasteiger charge is -2.21. The van der Waals surface area contributed by atoms with Crippen LogP contribution in [-0.4, -0.2) is 29.8 Å². The normalized spacial score (nSPS) is 18.4. The van der Waals surface area contributed by atoms with Crippen molar-refractivity contribution in [2.75, 3.05) is 10.2 Å². The average molecular weight is 422 g/mol. The molecule has 6 nitrogen and oxygen atoms in total. The van der Waals surface area contributed by atoms with Crippen molar-refractivity contribution in [1.29, 1.82) is 0 Å². The molecule has 2 N–H and O–H groups in total. The maximum atomic E-state index is 14.6. The summed E-state index contributed by atoms with van der Waals surface area (Å²) in [4.78, 5) is 38.2.